The third-order valence-corrected chi connectivity index (χ3v) is 9.00. The van der Waals surface area contributed by atoms with E-state index in [1.165, 1.54) is 77.0 Å². The van der Waals surface area contributed by atoms with E-state index in [1.807, 2.05) is 21.1 Å². The minimum atomic E-state index is -4.61. The summed E-state index contributed by atoms with van der Waals surface area (Å²) in [5, 5.41) is 0. The molecule has 9 nitrogen and oxygen atoms in total. The lowest BCUT2D eigenvalue weighted by Gasteiger charge is -2.28. The summed E-state index contributed by atoms with van der Waals surface area (Å²) in [5.41, 5.74) is 0. The molecule has 0 amide bonds. The van der Waals surface area contributed by atoms with Crippen molar-refractivity contribution < 1.29 is 42.1 Å². The Morgan fingerprint density at radius 1 is 0.638 bits per heavy atom. The fourth-order valence-electron chi connectivity index (χ4n) is 5.00. The smallest absolute Gasteiger partial charge is 0.306 e. The molecule has 0 saturated carbocycles. The Bertz CT molecular complexity index is 830. The largest absolute Gasteiger partial charge is 0.756 e. The minimum Gasteiger partial charge on any atom is -0.756 e. The van der Waals surface area contributed by atoms with Gasteiger partial charge in [-0.2, -0.15) is 0 Å². The number of allylic oxidation sites excluding steroid dienone is 2. The quantitative estimate of drug-likeness (QED) is 0.0216. The van der Waals surface area contributed by atoms with Crippen LogP contribution in [0.1, 0.15) is 162 Å². The Balaban J connectivity index is 4.45. The van der Waals surface area contributed by atoms with Crippen LogP contribution in [0.15, 0.2) is 12.2 Å². The summed E-state index contributed by atoms with van der Waals surface area (Å²) in [6.07, 6.45) is 28.1. The first-order chi connectivity index (χ1) is 22.5. The highest BCUT2D eigenvalue weighted by atomic mass is 31.2. The summed E-state index contributed by atoms with van der Waals surface area (Å²) in [7, 11) is 1.16. The Hall–Kier alpha value is -1.25. The van der Waals surface area contributed by atoms with Crippen LogP contribution in [0.4, 0.5) is 0 Å². The van der Waals surface area contributed by atoms with Gasteiger partial charge in [0.25, 0.3) is 7.82 Å². The second-order valence-electron chi connectivity index (χ2n) is 13.9. The predicted octanol–water partition coefficient (Wildman–Crippen LogP) is 9.22. The molecule has 0 aliphatic heterocycles. The molecule has 0 fully saturated rings. The highest BCUT2D eigenvalue weighted by Crippen LogP contribution is 2.38. The van der Waals surface area contributed by atoms with Gasteiger partial charge in [-0.25, -0.2) is 0 Å². The number of rotatable bonds is 34. The van der Waals surface area contributed by atoms with Crippen LogP contribution in [0.5, 0.6) is 0 Å². The van der Waals surface area contributed by atoms with Gasteiger partial charge in [0, 0.05) is 12.8 Å². The molecule has 47 heavy (non-hydrogen) atoms. The maximum atomic E-state index is 12.5. The average Bonchev–Trinajstić information content (AvgIpc) is 3.01. The van der Waals surface area contributed by atoms with Gasteiger partial charge in [-0.3, -0.25) is 14.2 Å². The van der Waals surface area contributed by atoms with Gasteiger partial charge in [-0.05, 0) is 38.5 Å². The molecule has 0 radical (unpaired) electrons. The molecule has 0 rings (SSSR count). The molecule has 10 heteroatoms. The molecule has 0 bridgehead atoms. The van der Waals surface area contributed by atoms with Crippen LogP contribution in [0, 0.1) is 0 Å². The van der Waals surface area contributed by atoms with Crippen molar-refractivity contribution >= 4 is 19.8 Å². The lowest BCUT2D eigenvalue weighted by Crippen LogP contribution is -2.37. The summed E-state index contributed by atoms with van der Waals surface area (Å²) < 4.78 is 33.7. The van der Waals surface area contributed by atoms with Crippen LogP contribution in [-0.4, -0.2) is 70.0 Å². The summed E-state index contributed by atoms with van der Waals surface area (Å²) >= 11 is 0. The number of phosphoric acid groups is 1. The van der Waals surface area contributed by atoms with Crippen LogP contribution in [-0.2, 0) is 32.7 Å². The van der Waals surface area contributed by atoms with E-state index in [0.717, 1.165) is 44.9 Å². The van der Waals surface area contributed by atoms with Crippen LogP contribution < -0.4 is 4.89 Å². The van der Waals surface area contributed by atoms with E-state index in [1.54, 1.807) is 0 Å². The van der Waals surface area contributed by atoms with Gasteiger partial charge in [-0.1, -0.05) is 122 Å². The van der Waals surface area contributed by atoms with Crippen molar-refractivity contribution in [1.82, 2.24) is 0 Å². The van der Waals surface area contributed by atoms with Crippen molar-refractivity contribution in [2.45, 2.75) is 168 Å². The van der Waals surface area contributed by atoms with Crippen molar-refractivity contribution in [3.05, 3.63) is 12.2 Å². The van der Waals surface area contributed by atoms with E-state index in [9.17, 15) is 19.0 Å². The zero-order chi connectivity index (χ0) is 35.1. The molecule has 0 saturated heterocycles. The van der Waals surface area contributed by atoms with E-state index >= 15 is 0 Å². The SMILES string of the molecule is CCCCCCCC/C=C/CCCCCC(=O)OC[C@H](COP(=O)([O-])OCC[N+](C)(C)C)OC(=O)CCCCCCCCCCCC. The molecule has 0 aromatic rings. The maximum absolute atomic E-state index is 12.5. The third kappa shape index (κ3) is 34.4. The Kier molecular flexibility index (Phi) is 30.0. The molecule has 0 aromatic carbocycles. The van der Waals surface area contributed by atoms with E-state index in [2.05, 4.69) is 26.0 Å². The number of hydrogen-bond donors (Lipinski definition) is 0. The van der Waals surface area contributed by atoms with E-state index in [-0.39, 0.29) is 26.1 Å². The van der Waals surface area contributed by atoms with Crippen molar-refractivity contribution in [2.24, 2.45) is 0 Å². The van der Waals surface area contributed by atoms with E-state index < -0.39 is 32.5 Å². The molecule has 0 aliphatic carbocycles. The van der Waals surface area contributed by atoms with Gasteiger partial charge in [0.1, 0.15) is 19.8 Å². The number of carbonyl (C=O) groups is 2. The van der Waals surface area contributed by atoms with Gasteiger partial charge in [0.15, 0.2) is 6.10 Å². The molecule has 0 N–H and O–H groups in total. The van der Waals surface area contributed by atoms with Crippen LogP contribution in [0.2, 0.25) is 0 Å². The van der Waals surface area contributed by atoms with Crippen LogP contribution in [0.25, 0.3) is 0 Å². The van der Waals surface area contributed by atoms with Crippen LogP contribution in [0.3, 0.4) is 0 Å². The fraction of sp³-hybridized carbons (Fsp3) is 0.892. The molecule has 278 valence electrons. The lowest BCUT2D eigenvalue weighted by atomic mass is 10.1. The normalized spacial score (nSPS) is 13.9. The second kappa shape index (κ2) is 30.8. The van der Waals surface area contributed by atoms with Gasteiger partial charge >= 0.3 is 11.9 Å². The molecule has 0 aromatic heterocycles. The number of unbranched alkanes of at least 4 members (excludes halogenated alkanes) is 18. The Morgan fingerprint density at radius 3 is 1.60 bits per heavy atom. The Morgan fingerprint density at radius 2 is 1.09 bits per heavy atom. The number of quaternary nitrogens is 1. The highest BCUT2D eigenvalue weighted by molar-refractivity contribution is 7.45. The molecule has 2 atom stereocenters. The molecule has 0 aliphatic rings. The summed E-state index contributed by atoms with van der Waals surface area (Å²) in [4.78, 5) is 37.2. The number of carbonyl (C=O) groups excluding carboxylic acids is 2. The Labute approximate surface area is 288 Å². The van der Waals surface area contributed by atoms with Crippen molar-refractivity contribution in [2.75, 3.05) is 47.5 Å². The van der Waals surface area contributed by atoms with Gasteiger partial charge in [0.05, 0.1) is 27.7 Å². The number of phosphoric ester groups is 1. The van der Waals surface area contributed by atoms with E-state index in [0.29, 0.717) is 23.9 Å². The predicted molar refractivity (Wildman–Crippen MR) is 190 cm³/mol. The van der Waals surface area contributed by atoms with Crippen molar-refractivity contribution in [3.8, 4) is 0 Å². The number of likely N-dealkylation sites (N-methyl/N-ethyl adjacent to an activating group) is 1. The van der Waals surface area contributed by atoms with Gasteiger partial charge in [-0.15, -0.1) is 0 Å². The monoisotopic (exact) mass is 689 g/mol. The number of esters is 2. The molecular formula is C37H72NO8P. The van der Waals surface area contributed by atoms with Gasteiger partial charge < -0.3 is 27.9 Å². The van der Waals surface area contributed by atoms with Crippen molar-refractivity contribution in [1.29, 1.82) is 0 Å². The fourth-order valence-corrected chi connectivity index (χ4v) is 5.73. The summed E-state index contributed by atoms with van der Waals surface area (Å²) in [6, 6.07) is 0. The van der Waals surface area contributed by atoms with Crippen molar-refractivity contribution in [3.63, 3.8) is 0 Å². The minimum absolute atomic E-state index is 0.0304. The first-order valence-electron chi connectivity index (χ1n) is 18.9. The standard InChI is InChI=1S/C37H72NO8P/c1-6-8-10-12-14-16-18-19-20-22-23-25-27-29-36(39)43-33-35(34-45-47(41,42)44-32-31-38(3,4)5)46-37(40)30-28-26-24-21-17-15-13-11-9-7-2/h19-20,35H,6-18,21-34H2,1-5H3/b20-19+/t35-/m1/s1. The number of ether oxygens (including phenoxy) is 2. The topological polar surface area (TPSA) is 111 Å². The molecule has 0 spiro atoms. The van der Waals surface area contributed by atoms with Gasteiger partial charge in [0.2, 0.25) is 0 Å². The van der Waals surface area contributed by atoms with E-state index in [4.69, 9.17) is 18.5 Å². The number of hydrogen-bond acceptors (Lipinski definition) is 8. The lowest BCUT2D eigenvalue weighted by molar-refractivity contribution is -0.870. The second-order valence-corrected chi connectivity index (χ2v) is 15.4. The highest BCUT2D eigenvalue weighted by Gasteiger charge is 2.21. The zero-order valence-electron chi connectivity index (χ0n) is 31.0. The first-order valence-corrected chi connectivity index (χ1v) is 20.4. The molecule has 0 heterocycles. The summed E-state index contributed by atoms with van der Waals surface area (Å²) in [6.45, 7) is 4.17. The number of nitrogens with zero attached hydrogens (tertiary/aromatic N) is 1. The molecular weight excluding hydrogens is 617 g/mol. The maximum Gasteiger partial charge on any atom is 0.306 e. The summed E-state index contributed by atoms with van der Waals surface area (Å²) in [5.74, 6) is -0.852. The van der Waals surface area contributed by atoms with Crippen LogP contribution >= 0.6 is 7.82 Å². The zero-order valence-corrected chi connectivity index (χ0v) is 31.9. The third-order valence-electron chi connectivity index (χ3n) is 8.04. The molecule has 1 unspecified atom stereocenters. The average molecular weight is 690 g/mol. The first kappa shape index (κ1) is 45.8.